The van der Waals surface area contributed by atoms with Crippen molar-refractivity contribution in [3.8, 4) is 6.07 Å². The zero-order chi connectivity index (χ0) is 17.0. The Morgan fingerprint density at radius 2 is 2.22 bits per heavy atom. The minimum atomic E-state index is -0.503. The molecule has 1 saturated heterocycles. The summed E-state index contributed by atoms with van der Waals surface area (Å²) in [6, 6.07) is 7.88. The van der Waals surface area contributed by atoms with Crippen LogP contribution in [0.5, 0.6) is 0 Å². The maximum atomic E-state index is 11.9. The Hall–Kier alpha value is -1.74. The number of alkyl carbamates (subject to hydrolysis) is 1. The number of piperidine rings is 1. The number of ether oxygens (including phenoxy) is 1. The Kier molecular flexibility index (Phi) is 5.53. The van der Waals surface area contributed by atoms with Crippen molar-refractivity contribution in [1.82, 2.24) is 5.32 Å². The Balaban J connectivity index is 2.06. The first-order valence-corrected chi connectivity index (χ1v) is 8.52. The van der Waals surface area contributed by atoms with Crippen LogP contribution in [0, 0.1) is 11.3 Å². The molecule has 0 radical (unpaired) electrons. The smallest absolute Gasteiger partial charge is 0.407 e. The van der Waals surface area contributed by atoms with Crippen LogP contribution in [-0.2, 0) is 4.74 Å². The highest BCUT2D eigenvalue weighted by molar-refractivity contribution is 9.10. The molecule has 23 heavy (non-hydrogen) atoms. The second-order valence-corrected chi connectivity index (χ2v) is 7.62. The maximum Gasteiger partial charge on any atom is 0.407 e. The van der Waals surface area contributed by atoms with E-state index in [1.807, 2.05) is 39.0 Å². The van der Waals surface area contributed by atoms with Gasteiger partial charge in [-0.15, -0.1) is 0 Å². The number of nitrogens with zero attached hydrogens (tertiary/aromatic N) is 2. The Labute approximate surface area is 145 Å². The highest BCUT2D eigenvalue weighted by Gasteiger charge is 2.25. The van der Waals surface area contributed by atoms with Gasteiger partial charge < -0.3 is 15.0 Å². The number of carbonyl (C=O) groups is 1. The molecular weight excluding hydrogens is 358 g/mol. The molecule has 0 bridgehead atoms. The van der Waals surface area contributed by atoms with E-state index in [-0.39, 0.29) is 12.1 Å². The van der Waals surface area contributed by atoms with E-state index in [9.17, 15) is 10.1 Å². The Morgan fingerprint density at radius 3 is 2.87 bits per heavy atom. The number of nitriles is 1. The lowest BCUT2D eigenvalue weighted by molar-refractivity contribution is 0.0500. The van der Waals surface area contributed by atoms with Crippen molar-refractivity contribution in [2.75, 3.05) is 18.0 Å². The van der Waals surface area contributed by atoms with Gasteiger partial charge in [-0.05, 0) is 51.8 Å². The number of halogens is 1. The second-order valence-electron chi connectivity index (χ2n) is 6.70. The van der Waals surface area contributed by atoms with Gasteiger partial charge in [0.15, 0.2) is 0 Å². The highest BCUT2D eigenvalue weighted by Crippen LogP contribution is 2.27. The van der Waals surface area contributed by atoms with Crippen molar-refractivity contribution in [3.63, 3.8) is 0 Å². The molecule has 0 aromatic heterocycles. The number of nitrogens with one attached hydrogen (secondary N) is 1. The van der Waals surface area contributed by atoms with E-state index in [0.717, 1.165) is 29.5 Å². The summed E-state index contributed by atoms with van der Waals surface area (Å²) in [6.45, 7) is 7.09. The van der Waals surface area contributed by atoms with E-state index in [1.54, 1.807) is 0 Å². The molecule has 1 aromatic carbocycles. The maximum absolute atomic E-state index is 11.9. The molecule has 1 amide bonds. The quantitative estimate of drug-likeness (QED) is 0.847. The summed E-state index contributed by atoms with van der Waals surface area (Å²) in [6.07, 6.45) is 1.47. The van der Waals surface area contributed by atoms with Crippen LogP contribution in [-0.4, -0.2) is 30.8 Å². The summed E-state index contributed by atoms with van der Waals surface area (Å²) in [4.78, 5) is 14.1. The van der Waals surface area contributed by atoms with Gasteiger partial charge in [-0.1, -0.05) is 15.9 Å². The number of rotatable bonds is 2. The number of benzene rings is 1. The highest BCUT2D eigenvalue weighted by atomic mass is 79.9. The molecule has 0 saturated carbocycles. The lowest BCUT2D eigenvalue weighted by Gasteiger charge is -2.35. The van der Waals surface area contributed by atoms with E-state index in [2.05, 4.69) is 32.2 Å². The predicted octanol–water partition coefficient (Wildman–Crippen LogP) is 3.81. The molecule has 1 aliphatic heterocycles. The number of hydrogen-bond acceptors (Lipinski definition) is 4. The number of hydrogen-bond donors (Lipinski definition) is 1. The van der Waals surface area contributed by atoms with Gasteiger partial charge in [-0.25, -0.2) is 4.79 Å². The van der Waals surface area contributed by atoms with E-state index in [4.69, 9.17) is 4.74 Å². The number of anilines is 1. The van der Waals surface area contributed by atoms with Crippen molar-refractivity contribution in [2.45, 2.75) is 45.3 Å². The zero-order valence-electron chi connectivity index (χ0n) is 13.7. The summed E-state index contributed by atoms with van der Waals surface area (Å²) in [5.74, 6) is 0. The summed E-state index contributed by atoms with van der Waals surface area (Å²) in [7, 11) is 0. The van der Waals surface area contributed by atoms with Gasteiger partial charge in [0.25, 0.3) is 0 Å². The molecule has 1 N–H and O–H groups in total. The Bertz CT molecular complexity index is 619. The van der Waals surface area contributed by atoms with E-state index >= 15 is 0 Å². The lowest BCUT2D eigenvalue weighted by atomic mass is 10.0. The Morgan fingerprint density at radius 1 is 1.48 bits per heavy atom. The molecule has 2 rings (SSSR count). The molecule has 5 nitrogen and oxygen atoms in total. The second kappa shape index (κ2) is 7.22. The molecule has 1 aliphatic rings. The third kappa shape index (κ3) is 5.14. The fourth-order valence-electron chi connectivity index (χ4n) is 2.65. The van der Waals surface area contributed by atoms with Gasteiger partial charge in [0.05, 0.1) is 11.3 Å². The van der Waals surface area contributed by atoms with Crippen LogP contribution < -0.4 is 10.2 Å². The molecule has 1 aromatic rings. The topological polar surface area (TPSA) is 65.4 Å². The average Bonchev–Trinajstić information content (AvgIpc) is 2.45. The third-order valence-corrected chi connectivity index (χ3v) is 4.06. The lowest BCUT2D eigenvalue weighted by Crippen LogP contribution is -2.49. The van der Waals surface area contributed by atoms with Crippen LogP contribution in [0.4, 0.5) is 10.5 Å². The van der Waals surface area contributed by atoms with E-state index in [0.29, 0.717) is 12.1 Å². The SMILES string of the molecule is CC(C)(C)OC(=O)N[C@H]1CCCN(c2cc(Br)ccc2C#N)C1. The molecule has 0 spiro atoms. The van der Waals surface area contributed by atoms with Gasteiger partial charge in [0.2, 0.25) is 0 Å². The fourth-order valence-corrected chi connectivity index (χ4v) is 3.00. The first kappa shape index (κ1) is 17.6. The van der Waals surface area contributed by atoms with Gasteiger partial charge in [0, 0.05) is 23.6 Å². The number of carbonyl (C=O) groups excluding carboxylic acids is 1. The first-order chi connectivity index (χ1) is 10.8. The van der Waals surface area contributed by atoms with E-state index < -0.39 is 5.60 Å². The zero-order valence-corrected chi connectivity index (χ0v) is 15.3. The van der Waals surface area contributed by atoms with Crippen LogP contribution in [0.2, 0.25) is 0 Å². The summed E-state index contributed by atoms with van der Waals surface area (Å²) >= 11 is 3.45. The molecule has 1 atom stereocenters. The summed E-state index contributed by atoms with van der Waals surface area (Å²) in [5, 5.41) is 12.2. The molecule has 1 heterocycles. The van der Waals surface area contributed by atoms with Crippen molar-refractivity contribution in [1.29, 1.82) is 5.26 Å². The van der Waals surface area contributed by atoms with Crippen LogP contribution in [0.25, 0.3) is 0 Å². The van der Waals surface area contributed by atoms with Gasteiger partial charge in [0.1, 0.15) is 11.7 Å². The van der Waals surface area contributed by atoms with Crippen LogP contribution >= 0.6 is 15.9 Å². The molecular formula is C17H22BrN3O2. The first-order valence-electron chi connectivity index (χ1n) is 7.72. The normalized spacial score (nSPS) is 18.2. The number of amides is 1. The summed E-state index contributed by atoms with van der Waals surface area (Å²) in [5.41, 5.74) is 1.04. The minimum absolute atomic E-state index is 0.0177. The minimum Gasteiger partial charge on any atom is -0.444 e. The van der Waals surface area contributed by atoms with Crippen LogP contribution in [0.15, 0.2) is 22.7 Å². The van der Waals surface area contributed by atoms with E-state index in [1.165, 1.54) is 0 Å². The van der Waals surface area contributed by atoms with Crippen molar-refractivity contribution in [3.05, 3.63) is 28.2 Å². The van der Waals surface area contributed by atoms with Crippen molar-refractivity contribution in [2.24, 2.45) is 0 Å². The molecule has 0 unspecified atom stereocenters. The third-order valence-electron chi connectivity index (χ3n) is 3.56. The van der Waals surface area contributed by atoms with Crippen molar-refractivity contribution >= 4 is 27.7 Å². The van der Waals surface area contributed by atoms with Crippen LogP contribution in [0.3, 0.4) is 0 Å². The monoisotopic (exact) mass is 379 g/mol. The van der Waals surface area contributed by atoms with Crippen LogP contribution in [0.1, 0.15) is 39.2 Å². The summed E-state index contributed by atoms with van der Waals surface area (Å²) < 4.78 is 6.26. The van der Waals surface area contributed by atoms with Gasteiger partial charge >= 0.3 is 6.09 Å². The largest absolute Gasteiger partial charge is 0.444 e. The van der Waals surface area contributed by atoms with Gasteiger partial charge in [-0.2, -0.15) is 5.26 Å². The van der Waals surface area contributed by atoms with Crippen molar-refractivity contribution < 1.29 is 9.53 Å². The molecule has 1 fully saturated rings. The molecule has 0 aliphatic carbocycles. The molecule has 124 valence electrons. The fraction of sp³-hybridized carbons (Fsp3) is 0.529. The predicted molar refractivity (Wildman–Crippen MR) is 93.5 cm³/mol. The molecule has 6 heteroatoms. The standard InChI is InChI=1S/C17H22BrN3O2/c1-17(2,3)23-16(22)20-14-5-4-8-21(11-14)15-9-13(18)7-6-12(15)10-19/h6-7,9,14H,4-5,8,11H2,1-3H3,(H,20,22)/t14-/m0/s1. The average molecular weight is 380 g/mol. The van der Waals surface area contributed by atoms with Gasteiger partial charge in [-0.3, -0.25) is 0 Å².